The number of carbonyl (C=O) groups excluding carboxylic acids is 2. The van der Waals surface area contributed by atoms with Crippen LogP contribution in [0.4, 0.5) is 4.79 Å². The Morgan fingerprint density at radius 3 is 2.31 bits per heavy atom. The molecule has 0 unspecified atom stereocenters. The van der Waals surface area contributed by atoms with Crippen molar-refractivity contribution in [2.24, 2.45) is 17.8 Å². The minimum Gasteiger partial charge on any atom is -0.373 e. The van der Waals surface area contributed by atoms with E-state index in [4.69, 9.17) is 4.74 Å². The van der Waals surface area contributed by atoms with E-state index in [2.05, 4.69) is 29.4 Å². The van der Waals surface area contributed by atoms with Gasteiger partial charge >= 0.3 is 6.03 Å². The van der Waals surface area contributed by atoms with Crippen LogP contribution >= 0.6 is 0 Å². The number of nitrogens with one attached hydrogen (secondary N) is 2. The van der Waals surface area contributed by atoms with Crippen molar-refractivity contribution in [2.45, 2.75) is 69.9 Å². The van der Waals surface area contributed by atoms with E-state index in [-0.39, 0.29) is 29.6 Å². The molecule has 0 radical (unpaired) electrons. The standard InChI is InChI=1S/C20H33N3O3/c1-3-19(2)13-23(4-5-26-19)12-17(24)21-18(25)22-20-9-14-6-15(10-20)8-16(7-14)11-20/h14-16H,3-13H2,1-2H3,(H2,21,22,24,25)/t14?,15?,16?,19-,20?/m0/s1. The molecular weight excluding hydrogens is 330 g/mol. The maximum atomic E-state index is 12.5. The SMILES string of the molecule is CC[C@@]1(C)CN(CC(=O)NC(=O)NC23CC4CC(CC(C4)C2)C3)CCO1. The van der Waals surface area contributed by atoms with Crippen LogP contribution in [-0.2, 0) is 9.53 Å². The van der Waals surface area contributed by atoms with E-state index in [0.29, 0.717) is 6.61 Å². The van der Waals surface area contributed by atoms with E-state index in [0.717, 1.165) is 56.5 Å². The Bertz CT molecular complexity index is 543. The number of urea groups is 1. The highest BCUT2D eigenvalue weighted by atomic mass is 16.5. The van der Waals surface area contributed by atoms with Gasteiger partial charge in [0.2, 0.25) is 5.91 Å². The first-order valence-corrected chi connectivity index (χ1v) is 10.4. The van der Waals surface area contributed by atoms with Crippen molar-refractivity contribution in [1.82, 2.24) is 15.5 Å². The Labute approximate surface area is 156 Å². The fraction of sp³-hybridized carbons (Fsp3) is 0.900. The largest absolute Gasteiger partial charge is 0.373 e. The first-order chi connectivity index (χ1) is 12.4. The van der Waals surface area contributed by atoms with Crippen molar-refractivity contribution in [3.63, 3.8) is 0 Å². The lowest BCUT2D eigenvalue weighted by atomic mass is 9.53. The first kappa shape index (κ1) is 18.2. The average molecular weight is 364 g/mol. The van der Waals surface area contributed by atoms with Crippen molar-refractivity contribution in [3.8, 4) is 0 Å². The van der Waals surface area contributed by atoms with Crippen LogP contribution in [0.15, 0.2) is 0 Å². The maximum Gasteiger partial charge on any atom is 0.321 e. The summed E-state index contributed by atoms with van der Waals surface area (Å²) in [5.41, 5.74) is -0.251. The lowest BCUT2D eigenvalue weighted by Gasteiger charge is -2.56. The summed E-state index contributed by atoms with van der Waals surface area (Å²) in [5, 5.41) is 5.78. The molecule has 1 atom stereocenters. The number of hydrogen-bond donors (Lipinski definition) is 2. The zero-order chi connectivity index (χ0) is 18.4. The van der Waals surface area contributed by atoms with Gasteiger partial charge in [0.25, 0.3) is 0 Å². The zero-order valence-corrected chi connectivity index (χ0v) is 16.2. The lowest BCUT2D eigenvalue weighted by molar-refractivity contribution is -0.128. The van der Waals surface area contributed by atoms with Crippen molar-refractivity contribution in [1.29, 1.82) is 0 Å². The fourth-order valence-corrected chi connectivity index (χ4v) is 6.27. The normalized spacial score (nSPS) is 41.8. The summed E-state index contributed by atoms with van der Waals surface area (Å²) in [4.78, 5) is 26.9. The summed E-state index contributed by atoms with van der Waals surface area (Å²) in [6.07, 6.45) is 8.23. The Hall–Kier alpha value is -1.14. The molecule has 0 aromatic carbocycles. The molecule has 0 aromatic heterocycles. The molecule has 1 aliphatic heterocycles. The van der Waals surface area contributed by atoms with Gasteiger partial charge in [0, 0.05) is 18.6 Å². The predicted molar refractivity (Wildman–Crippen MR) is 98.7 cm³/mol. The highest BCUT2D eigenvalue weighted by Gasteiger charge is 2.51. The van der Waals surface area contributed by atoms with E-state index in [1.54, 1.807) is 0 Å². The number of hydrogen-bond acceptors (Lipinski definition) is 4. The van der Waals surface area contributed by atoms with Crippen molar-refractivity contribution >= 4 is 11.9 Å². The van der Waals surface area contributed by atoms with Crippen molar-refractivity contribution < 1.29 is 14.3 Å². The molecular formula is C20H33N3O3. The molecule has 4 saturated carbocycles. The van der Waals surface area contributed by atoms with E-state index >= 15 is 0 Å². The van der Waals surface area contributed by atoms with E-state index in [1.165, 1.54) is 19.3 Å². The summed E-state index contributed by atoms with van der Waals surface area (Å²) in [5.74, 6) is 2.11. The topological polar surface area (TPSA) is 70.7 Å². The minimum absolute atomic E-state index is 0.0567. The van der Waals surface area contributed by atoms with Gasteiger partial charge in [0.05, 0.1) is 18.8 Å². The van der Waals surface area contributed by atoms with Gasteiger partial charge in [-0.1, -0.05) is 6.92 Å². The average Bonchev–Trinajstić information content (AvgIpc) is 2.52. The van der Waals surface area contributed by atoms with Crippen LogP contribution < -0.4 is 10.6 Å². The predicted octanol–water partition coefficient (Wildman–Crippen LogP) is 2.28. The summed E-state index contributed by atoms with van der Waals surface area (Å²) < 4.78 is 5.81. The van der Waals surface area contributed by atoms with Gasteiger partial charge in [0.1, 0.15) is 0 Å². The molecule has 4 bridgehead atoms. The number of nitrogens with zero attached hydrogens (tertiary/aromatic N) is 1. The smallest absolute Gasteiger partial charge is 0.321 e. The Kier molecular flexibility index (Phi) is 4.76. The third-order valence-corrected chi connectivity index (χ3v) is 7.20. The second-order valence-corrected chi connectivity index (χ2v) is 9.56. The third kappa shape index (κ3) is 3.77. The molecule has 0 aromatic rings. The quantitative estimate of drug-likeness (QED) is 0.804. The van der Waals surface area contributed by atoms with Gasteiger partial charge in [-0.3, -0.25) is 15.0 Å². The highest BCUT2D eigenvalue weighted by Crippen LogP contribution is 2.55. The molecule has 0 spiro atoms. The van der Waals surface area contributed by atoms with Crippen LogP contribution in [0.2, 0.25) is 0 Å². The van der Waals surface area contributed by atoms with Gasteiger partial charge in [-0.15, -0.1) is 0 Å². The number of ether oxygens (including phenoxy) is 1. The summed E-state index contributed by atoms with van der Waals surface area (Å²) in [6, 6.07) is -0.302. The lowest BCUT2D eigenvalue weighted by Crippen LogP contribution is -2.62. The van der Waals surface area contributed by atoms with E-state index < -0.39 is 0 Å². The molecule has 4 aliphatic carbocycles. The molecule has 5 fully saturated rings. The summed E-state index contributed by atoms with van der Waals surface area (Å²) >= 11 is 0. The third-order valence-electron chi connectivity index (χ3n) is 7.20. The van der Waals surface area contributed by atoms with E-state index in [9.17, 15) is 9.59 Å². The van der Waals surface area contributed by atoms with Gasteiger partial charge < -0.3 is 10.1 Å². The molecule has 6 heteroatoms. The second-order valence-electron chi connectivity index (χ2n) is 9.56. The highest BCUT2D eigenvalue weighted by molar-refractivity contribution is 5.95. The maximum absolute atomic E-state index is 12.5. The number of rotatable bonds is 4. The van der Waals surface area contributed by atoms with Crippen LogP contribution in [-0.4, -0.2) is 54.2 Å². The fourth-order valence-electron chi connectivity index (χ4n) is 6.27. The first-order valence-electron chi connectivity index (χ1n) is 10.4. The molecule has 5 aliphatic rings. The number of amides is 3. The molecule has 26 heavy (non-hydrogen) atoms. The van der Waals surface area contributed by atoms with Crippen LogP contribution in [0.3, 0.4) is 0 Å². The monoisotopic (exact) mass is 363 g/mol. The molecule has 6 nitrogen and oxygen atoms in total. The van der Waals surface area contributed by atoms with Gasteiger partial charge in [0.15, 0.2) is 0 Å². The Morgan fingerprint density at radius 2 is 1.73 bits per heavy atom. The molecule has 146 valence electrons. The minimum atomic E-state index is -0.302. The molecule has 2 N–H and O–H groups in total. The van der Waals surface area contributed by atoms with Crippen LogP contribution in [0.5, 0.6) is 0 Å². The molecule has 1 heterocycles. The molecule has 3 amide bonds. The zero-order valence-electron chi connectivity index (χ0n) is 16.2. The van der Waals surface area contributed by atoms with Crippen LogP contribution in [0.1, 0.15) is 58.8 Å². The summed E-state index contributed by atoms with van der Waals surface area (Å²) in [7, 11) is 0. The number of morpholine rings is 1. The summed E-state index contributed by atoms with van der Waals surface area (Å²) in [6.45, 7) is 6.54. The van der Waals surface area contributed by atoms with Gasteiger partial charge in [-0.05, 0) is 69.6 Å². The number of imide groups is 1. The molecule has 1 saturated heterocycles. The Morgan fingerprint density at radius 1 is 1.12 bits per heavy atom. The van der Waals surface area contributed by atoms with Gasteiger partial charge in [-0.25, -0.2) is 4.79 Å². The van der Waals surface area contributed by atoms with Crippen molar-refractivity contribution in [2.75, 3.05) is 26.2 Å². The number of carbonyl (C=O) groups is 2. The molecule has 5 rings (SSSR count). The van der Waals surface area contributed by atoms with Gasteiger partial charge in [-0.2, -0.15) is 0 Å². The van der Waals surface area contributed by atoms with Crippen LogP contribution in [0.25, 0.3) is 0 Å². The Balaban J connectivity index is 1.28. The van der Waals surface area contributed by atoms with E-state index in [1.807, 2.05) is 0 Å². The second kappa shape index (κ2) is 6.79. The van der Waals surface area contributed by atoms with Crippen molar-refractivity contribution in [3.05, 3.63) is 0 Å². The van der Waals surface area contributed by atoms with Crippen LogP contribution in [0, 0.1) is 17.8 Å².